The number of para-hydroxylation sites is 1. The first-order chi connectivity index (χ1) is 11.8. The average molecular weight is 362 g/mol. The quantitative estimate of drug-likeness (QED) is 0.889. The molecule has 1 aliphatic heterocycles. The zero-order valence-corrected chi connectivity index (χ0v) is 15.4. The van der Waals surface area contributed by atoms with E-state index in [-0.39, 0.29) is 18.0 Å². The normalized spacial score (nSPS) is 15.0. The molecule has 0 atom stereocenters. The molecule has 1 aromatic heterocycles. The lowest BCUT2D eigenvalue weighted by atomic mass is 10.1. The molecule has 8 heteroatoms. The van der Waals surface area contributed by atoms with Crippen molar-refractivity contribution in [2.45, 2.75) is 19.9 Å². The predicted octanol–water partition coefficient (Wildman–Crippen LogP) is 1.62. The van der Waals surface area contributed by atoms with Gasteiger partial charge in [0.25, 0.3) is 0 Å². The van der Waals surface area contributed by atoms with Crippen LogP contribution in [0.4, 0.5) is 5.82 Å². The molecule has 1 aromatic carbocycles. The number of fused-ring (bicyclic) bond motifs is 1. The van der Waals surface area contributed by atoms with E-state index in [4.69, 9.17) is 0 Å². The van der Waals surface area contributed by atoms with E-state index in [1.165, 1.54) is 4.31 Å². The van der Waals surface area contributed by atoms with Crippen LogP contribution in [0.2, 0.25) is 0 Å². The van der Waals surface area contributed by atoms with E-state index >= 15 is 0 Å². The van der Waals surface area contributed by atoms with Crippen molar-refractivity contribution in [3.63, 3.8) is 0 Å². The maximum Gasteiger partial charge on any atom is 0.214 e. The van der Waals surface area contributed by atoms with Gasteiger partial charge in [-0.15, -0.1) is 0 Å². The monoisotopic (exact) mass is 362 g/mol. The van der Waals surface area contributed by atoms with Gasteiger partial charge in [0.05, 0.1) is 23.6 Å². The Labute approximate surface area is 148 Å². The summed E-state index contributed by atoms with van der Waals surface area (Å²) in [7, 11) is 0.518. The van der Waals surface area contributed by atoms with Gasteiger partial charge in [-0.25, -0.2) is 18.4 Å². The SMILES string of the molecule is CCS(=O)(=O)N1CCc2c(nc(-c3ccccc3O)nc2N(C)C)C1. The standard InChI is InChI=1S/C17H22N4O3S/c1-4-25(23,24)21-10-9-12-14(11-21)18-16(19-17(12)20(2)3)13-7-5-6-8-15(13)22/h5-8,22H,4,9-11H2,1-3H3. The van der Waals surface area contributed by atoms with E-state index in [9.17, 15) is 13.5 Å². The molecular weight excluding hydrogens is 340 g/mol. The summed E-state index contributed by atoms with van der Waals surface area (Å²) in [6.45, 7) is 2.31. The molecule has 134 valence electrons. The van der Waals surface area contributed by atoms with Crippen LogP contribution in [0.1, 0.15) is 18.2 Å². The van der Waals surface area contributed by atoms with E-state index in [2.05, 4.69) is 9.97 Å². The number of aromatic hydroxyl groups is 1. The molecule has 0 saturated carbocycles. The van der Waals surface area contributed by atoms with Gasteiger partial charge in [0, 0.05) is 26.2 Å². The van der Waals surface area contributed by atoms with Crippen molar-refractivity contribution in [1.29, 1.82) is 0 Å². The maximum atomic E-state index is 12.2. The number of phenols is 1. The number of nitrogens with zero attached hydrogens (tertiary/aromatic N) is 4. The van der Waals surface area contributed by atoms with Crippen LogP contribution in [-0.2, 0) is 23.0 Å². The second kappa shape index (κ2) is 6.61. The number of sulfonamides is 1. The molecule has 2 heterocycles. The summed E-state index contributed by atoms with van der Waals surface area (Å²) in [6.07, 6.45) is 0.573. The van der Waals surface area contributed by atoms with Gasteiger partial charge in [-0.05, 0) is 25.5 Å². The zero-order valence-electron chi connectivity index (χ0n) is 14.6. The molecule has 0 radical (unpaired) electrons. The Morgan fingerprint density at radius 1 is 1.24 bits per heavy atom. The van der Waals surface area contributed by atoms with Gasteiger partial charge < -0.3 is 10.0 Å². The summed E-state index contributed by atoms with van der Waals surface area (Å²) < 4.78 is 25.9. The number of rotatable bonds is 4. The van der Waals surface area contributed by atoms with E-state index in [0.717, 1.165) is 11.4 Å². The highest BCUT2D eigenvalue weighted by molar-refractivity contribution is 7.89. The Kier molecular flexibility index (Phi) is 4.66. The van der Waals surface area contributed by atoms with Crippen LogP contribution in [0, 0.1) is 0 Å². The molecule has 0 spiro atoms. The summed E-state index contributed by atoms with van der Waals surface area (Å²) in [4.78, 5) is 11.1. The molecule has 1 N–H and O–H groups in total. The third kappa shape index (κ3) is 3.32. The molecule has 0 fully saturated rings. The van der Waals surface area contributed by atoms with Gasteiger partial charge in [-0.2, -0.15) is 4.31 Å². The van der Waals surface area contributed by atoms with Gasteiger partial charge in [0.1, 0.15) is 11.6 Å². The first-order valence-corrected chi connectivity index (χ1v) is 9.77. The molecule has 3 rings (SSSR count). The molecule has 25 heavy (non-hydrogen) atoms. The van der Waals surface area contributed by atoms with Gasteiger partial charge in [-0.1, -0.05) is 12.1 Å². The number of hydrogen-bond acceptors (Lipinski definition) is 6. The van der Waals surface area contributed by atoms with Gasteiger partial charge in [-0.3, -0.25) is 0 Å². The molecule has 0 aliphatic carbocycles. The molecule has 0 amide bonds. The van der Waals surface area contributed by atoms with E-state index in [1.807, 2.05) is 19.0 Å². The summed E-state index contributed by atoms with van der Waals surface area (Å²) in [6, 6.07) is 6.88. The van der Waals surface area contributed by atoms with E-state index < -0.39 is 10.0 Å². The lowest BCUT2D eigenvalue weighted by Crippen LogP contribution is -2.38. The van der Waals surface area contributed by atoms with Crippen LogP contribution < -0.4 is 4.90 Å². The number of phenolic OH excluding ortho intramolecular Hbond substituents is 1. The molecule has 0 unspecified atom stereocenters. The highest BCUT2D eigenvalue weighted by Gasteiger charge is 2.29. The van der Waals surface area contributed by atoms with Crippen LogP contribution in [0.25, 0.3) is 11.4 Å². The van der Waals surface area contributed by atoms with Crippen molar-refractivity contribution in [2.75, 3.05) is 31.3 Å². The van der Waals surface area contributed by atoms with Crippen LogP contribution >= 0.6 is 0 Å². The Hall–Kier alpha value is -2.19. The maximum absolute atomic E-state index is 12.2. The van der Waals surface area contributed by atoms with Crippen molar-refractivity contribution in [3.05, 3.63) is 35.5 Å². The zero-order chi connectivity index (χ0) is 18.2. The molecule has 0 saturated heterocycles. The highest BCUT2D eigenvalue weighted by atomic mass is 32.2. The number of aromatic nitrogens is 2. The smallest absolute Gasteiger partial charge is 0.214 e. The van der Waals surface area contributed by atoms with Crippen LogP contribution in [0.15, 0.2) is 24.3 Å². The lowest BCUT2D eigenvalue weighted by molar-refractivity contribution is 0.385. The molecule has 2 aromatic rings. The van der Waals surface area contributed by atoms with Gasteiger partial charge in [0.2, 0.25) is 10.0 Å². The fraction of sp³-hybridized carbons (Fsp3) is 0.412. The number of hydrogen-bond donors (Lipinski definition) is 1. The molecule has 1 aliphatic rings. The Morgan fingerprint density at radius 3 is 2.60 bits per heavy atom. The summed E-state index contributed by atoms with van der Waals surface area (Å²) in [5, 5.41) is 10.1. The summed E-state index contributed by atoms with van der Waals surface area (Å²) >= 11 is 0. The minimum Gasteiger partial charge on any atom is -0.507 e. The van der Waals surface area contributed by atoms with Crippen molar-refractivity contribution < 1.29 is 13.5 Å². The van der Waals surface area contributed by atoms with Crippen molar-refractivity contribution in [3.8, 4) is 17.1 Å². The van der Waals surface area contributed by atoms with E-state index in [1.54, 1.807) is 31.2 Å². The topological polar surface area (TPSA) is 86.6 Å². The van der Waals surface area contributed by atoms with Crippen molar-refractivity contribution >= 4 is 15.8 Å². The third-order valence-corrected chi connectivity index (χ3v) is 6.16. The van der Waals surface area contributed by atoms with Crippen LogP contribution in [0.3, 0.4) is 0 Å². The van der Waals surface area contributed by atoms with Gasteiger partial charge in [0.15, 0.2) is 5.82 Å². The first-order valence-electron chi connectivity index (χ1n) is 8.16. The fourth-order valence-corrected chi connectivity index (χ4v) is 4.01. The molecule has 0 bridgehead atoms. The minimum absolute atomic E-state index is 0.0697. The minimum atomic E-state index is -3.27. The predicted molar refractivity (Wildman–Crippen MR) is 97.0 cm³/mol. The molecular formula is C17H22N4O3S. The van der Waals surface area contributed by atoms with E-state index in [0.29, 0.717) is 30.0 Å². The second-order valence-electron chi connectivity index (χ2n) is 6.19. The largest absolute Gasteiger partial charge is 0.507 e. The number of anilines is 1. The Balaban J connectivity index is 2.12. The van der Waals surface area contributed by atoms with Crippen LogP contribution in [0.5, 0.6) is 5.75 Å². The Morgan fingerprint density at radius 2 is 1.96 bits per heavy atom. The van der Waals surface area contributed by atoms with Crippen molar-refractivity contribution in [1.82, 2.24) is 14.3 Å². The molecule has 7 nitrogen and oxygen atoms in total. The number of benzene rings is 1. The summed E-state index contributed by atoms with van der Waals surface area (Å²) in [5.74, 6) is 1.33. The summed E-state index contributed by atoms with van der Waals surface area (Å²) in [5.41, 5.74) is 2.19. The van der Waals surface area contributed by atoms with Gasteiger partial charge >= 0.3 is 0 Å². The lowest BCUT2D eigenvalue weighted by Gasteiger charge is -2.29. The highest BCUT2D eigenvalue weighted by Crippen LogP contribution is 2.32. The average Bonchev–Trinajstić information content (AvgIpc) is 2.60. The second-order valence-corrected chi connectivity index (χ2v) is 8.45. The van der Waals surface area contributed by atoms with Crippen LogP contribution in [-0.4, -0.2) is 54.2 Å². The third-order valence-electron chi connectivity index (χ3n) is 4.34. The fourth-order valence-electron chi connectivity index (χ4n) is 2.96. The van der Waals surface area contributed by atoms with Crippen molar-refractivity contribution in [2.24, 2.45) is 0 Å². The Bertz CT molecular complexity index is 897. The first kappa shape index (κ1) is 17.6.